The lowest BCUT2D eigenvalue weighted by Crippen LogP contribution is -2.59. The summed E-state index contributed by atoms with van der Waals surface area (Å²) in [6.45, 7) is 8.16. The number of hydrogen-bond donors (Lipinski definition) is 1. The average molecular weight is 415 g/mol. The number of fused-ring (bicyclic) bond motifs is 2. The van der Waals surface area contributed by atoms with Gasteiger partial charge < -0.3 is 10.1 Å². The van der Waals surface area contributed by atoms with Crippen molar-refractivity contribution in [3.63, 3.8) is 0 Å². The van der Waals surface area contributed by atoms with Gasteiger partial charge in [-0.1, -0.05) is 32.9 Å². The van der Waals surface area contributed by atoms with Crippen molar-refractivity contribution in [1.82, 2.24) is 4.90 Å². The molecule has 1 aromatic rings. The Hall–Kier alpha value is -2.70. The van der Waals surface area contributed by atoms with Crippen molar-refractivity contribution >= 4 is 29.4 Å². The van der Waals surface area contributed by atoms with E-state index in [0.29, 0.717) is 17.7 Å². The van der Waals surface area contributed by atoms with E-state index in [1.165, 1.54) is 4.90 Å². The van der Waals surface area contributed by atoms with E-state index in [1.54, 1.807) is 31.2 Å². The molecule has 1 N–H and O–H groups in total. The van der Waals surface area contributed by atoms with Gasteiger partial charge in [-0.05, 0) is 43.7 Å². The molecule has 2 fully saturated rings. The first-order valence-corrected chi connectivity index (χ1v) is 10.5. The standard InChI is InChI=1S/C23H30N2O5/c1-5-30-20(28)15-9-6-7-10-17(15)24-18(26)11-8-14-25-19(27)16-12-13-23(4,21(25)29)22(16,2)3/h6-7,9-10,16H,5,8,11-14H2,1-4H3,(H,24,26). The van der Waals surface area contributed by atoms with Crippen LogP contribution in [0.15, 0.2) is 24.3 Å². The third-order valence-electron chi connectivity index (χ3n) is 6.99. The van der Waals surface area contributed by atoms with E-state index >= 15 is 0 Å². The number of nitrogens with zero attached hydrogens (tertiary/aromatic N) is 1. The van der Waals surface area contributed by atoms with Gasteiger partial charge in [-0.15, -0.1) is 0 Å². The highest BCUT2D eigenvalue weighted by atomic mass is 16.5. The van der Waals surface area contributed by atoms with E-state index < -0.39 is 11.4 Å². The van der Waals surface area contributed by atoms with Gasteiger partial charge in [0.15, 0.2) is 0 Å². The molecule has 2 aliphatic rings. The summed E-state index contributed by atoms with van der Waals surface area (Å²) in [6.07, 6.45) is 1.96. The first kappa shape index (κ1) is 22.0. The van der Waals surface area contributed by atoms with Gasteiger partial charge in [0.2, 0.25) is 17.7 Å². The third kappa shape index (κ3) is 3.61. The van der Waals surface area contributed by atoms with Gasteiger partial charge in [-0.3, -0.25) is 19.3 Å². The Morgan fingerprint density at radius 1 is 1.20 bits per heavy atom. The van der Waals surface area contributed by atoms with Crippen molar-refractivity contribution in [3.05, 3.63) is 29.8 Å². The molecule has 1 saturated heterocycles. The van der Waals surface area contributed by atoms with Crippen LogP contribution in [0.1, 0.15) is 63.7 Å². The Labute approximate surface area is 177 Å². The minimum absolute atomic E-state index is 0.118. The first-order valence-electron chi connectivity index (χ1n) is 10.5. The van der Waals surface area contributed by atoms with Crippen molar-refractivity contribution in [2.24, 2.45) is 16.7 Å². The van der Waals surface area contributed by atoms with Gasteiger partial charge in [0.25, 0.3) is 0 Å². The zero-order valence-electron chi connectivity index (χ0n) is 18.1. The molecule has 0 aromatic heterocycles. The van der Waals surface area contributed by atoms with Crippen LogP contribution in [-0.4, -0.2) is 41.7 Å². The van der Waals surface area contributed by atoms with Crippen molar-refractivity contribution < 1.29 is 23.9 Å². The zero-order valence-corrected chi connectivity index (χ0v) is 18.1. The van der Waals surface area contributed by atoms with Crippen LogP contribution in [0, 0.1) is 16.7 Å². The van der Waals surface area contributed by atoms with E-state index in [9.17, 15) is 19.2 Å². The molecular formula is C23H30N2O5. The highest BCUT2D eigenvalue weighted by molar-refractivity contribution is 6.04. The van der Waals surface area contributed by atoms with Crippen LogP contribution in [0.5, 0.6) is 0 Å². The smallest absolute Gasteiger partial charge is 0.340 e. The Kier molecular flexibility index (Phi) is 6.01. The lowest BCUT2D eigenvalue weighted by atomic mass is 9.62. The van der Waals surface area contributed by atoms with E-state index in [1.807, 2.05) is 20.8 Å². The number of esters is 1. The van der Waals surface area contributed by atoms with Crippen LogP contribution in [0.2, 0.25) is 0 Å². The second-order valence-corrected chi connectivity index (χ2v) is 8.86. The van der Waals surface area contributed by atoms with E-state index in [-0.39, 0.29) is 48.6 Å². The summed E-state index contributed by atoms with van der Waals surface area (Å²) in [7, 11) is 0. The van der Waals surface area contributed by atoms with E-state index in [4.69, 9.17) is 4.74 Å². The maximum atomic E-state index is 13.0. The Bertz CT molecular complexity index is 878. The van der Waals surface area contributed by atoms with Gasteiger partial charge in [0, 0.05) is 18.9 Å². The van der Waals surface area contributed by atoms with Crippen LogP contribution in [-0.2, 0) is 19.1 Å². The molecule has 1 aromatic carbocycles. The number of amides is 3. The summed E-state index contributed by atoms with van der Waals surface area (Å²) in [5, 5.41) is 2.73. The number of rotatable bonds is 7. The molecule has 1 heterocycles. The minimum atomic E-state index is -0.535. The fraction of sp³-hybridized carbons (Fsp3) is 0.565. The predicted octanol–water partition coefficient (Wildman–Crippen LogP) is 3.39. The lowest BCUT2D eigenvalue weighted by Gasteiger charge is -2.47. The van der Waals surface area contributed by atoms with Gasteiger partial charge in [0.05, 0.1) is 23.3 Å². The van der Waals surface area contributed by atoms with Crippen molar-refractivity contribution in [2.45, 2.75) is 53.4 Å². The number of imide groups is 1. The van der Waals surface area contributed by atoms with Crippen LogP contribution >= 0.6 is 0 Å². The number of hydrogen-bond acceptors (Lipinski definition) is 5. The molecule has 0 radical (unpaired) electrons. The molecule has 3 amide bonds. The molecule has 2 bridgehead atoms. The van der Waals surface area contributed by atoms with Crippen LogP contribution in [0.4, 0.5) is 5.69 Å². The molecule has 1 saturated carbocycles. The number of ether oxygens (including phenoxy) is 1. The fourth-order valence-electron chi connectivity index (χ4n) is 4.70. The molecule has 2 atom stereocenters. The summed E-state index contributed by atoms with van der Waals surface area (Å²) in [5.41, 5.74) is -0.197. The molecule has 7 nitrogen and oxygen atoms in total. The van der Waals surface area contributed by atoms with Gasteiger partial charge in [0.1, 0.15) is 0 Å². The van der Waals surface area contributed by atoms with Crippen molar-refractivity contribution in [3.8, 4) is 0 Å². The van der Waals surface area contributed by atoms with Crippen molar-refractivity contribution in [1.29, 1.82) is 0 Å². The predicted molar refractivity (Wildman–Crippen MR) is 112 cm³/mol. The van der Waals surface area contributed by atoms with E-state index in [0.717, 1.165) is 12.8 Å². The summed E-state index contributed by atoms with van der Waals surface area (Å²) in [4.78, 5) is 51.7. The Morgan fingerprint density at radius 2 is 1.90 bits per heavy atom. The quantitative estimate of drug-likeness (QED) is 0.545. The highest BCUT2D eigenvalue weighted by Gasteiger charge is 2.64. The van der Waals surface area contributed by atoms with Crippen molar-refractivity contribution in [2.75, 3.05) is 18.5 Å². The molecule has 30 heavy (non-hydrogen) atoms. The van der Waals surface area contributed by atoms with Crippen LogP contribution in [0.25, 0.3) is 0 Å². The van der Waals surface area contributed by atoms with Gasteiger partial charge in [-0.2, -0.15) is 0 Å². The van der Waals surface area contributed by atoms with Crippen LogP contribution < -0.4 is 5.32 Å². The minimum Gasteiger partial charge on any atom is -0.462 e. The molecule has 1 aliphatic heterocycles. The summed E-state index contributed by atoms with van der Waals surface area (Å²) >= 11 is 0. The second-order valence-electron chi connectivity index (χ2n) is 8.86. The van der Waals surface area contributed by atoms with Gasteiger partial charge in [-0.25, -0.2) is 4.79 Å². The molecule has 162 valence electrons. The topological polar surface area (TPSA) is 92.8 Å². The summed E-state index contributed by atoms with van der Waals surface area (Å²) < 4.78 is 5.01. The maximum absolute atomic E-state index is 13.0. The number of anilines is 1. The molecule has 3 rings (SSSR count). The Balaban J connectivity index is 1.59. The zero-order chi connectivity index (χ0) is 22.1. The molecule has 2 unspecified atom stereocenters. The number of piperidine rings is 1. The van der Waals surface area contributed by atoms with E-state index in [2.05, 4.69) is 5.32 Å². The normalized spacial score (nSPS) is 24.7. The summed E-state index contributed by atoms with van der Waals surface area (Å²) in [6, 6.07) is 6.66. The maximum Gasteiger partial charge on any atom is 0.340 e. The number of nitrogens with one attached hydrogen (secondary N) is 1. The number of para-hydroxylation sites is 1. The van der Waals surface area contributed by atoms with Gasteiger partial charge >= 0.3 is 5.97 Å². The number of benzene rings is 1. The molecule has 7 heteroatoms. The largest absolute Gasteiger partial charge is 0.462 e. The van der Waals surface area contributed by atoms with Crippen LogP contribution in [0.3, 0.4) is 0 Å². The lowest BCUT2D eigenvalue weighted by molar-refractivity contribution is -0.168. The fourth-order valence-corrected chi connectivity index (χ4v) is 4.70. The molecular weight excluding hydrogens is 384 g/mol. The number of likely N-dealkylation sites (tertiary alicyclic amines) is 1. The number of carbonyl (C=O) groups is 4. The third-order valence-corrected chi connectivity index (χ3v) is 6.99. The monoisotopic (exact) mass is 414 g/mol. The number of carbonyl (C=O) groups excluding carboxylic acids is 4. The average Bonchev–Trinajstić information content (AvgIpc) is 2.88. The second kappa shape index (κ2) is 8.20. The molecule has 1 aliphatic carbocycles. The highest BCUT2D eigenvalue weighted by Crippen LogP contribution is 2.60. The first-order chi connectivity index (χ1) is 14.1. The Morgan fingerprint density at radius 3 is 2.60 bits per heavy atom. The molecule has 0 spiro atoms. The summed E-state index contributed by atoms with van der Waals surface area (Å²) in [5.74, 6) is -1.17. The SMILES string of the molecule is CCOC(=O)c1ccccc1NC(=O)CCCN1C(=O)C2CCC(C)(C1=O)C2(C)C.